The molecule has 1 rings (SSSR count). The van der Waals surface area contributed by atoms with Crippen LogP contribution in [0.2, 0.25) is 0 Å². The second-order valence-corrected chi connectivity index (χ2v) is 2.84. The van der Waals surface area contributed by atoms with Gasteiger partial charge in [-0.3, -0.25) is 0 Å². The molecule has 0 spiro atoms. The Balaban J connectivity index is 3.04. The van der Waals surface area contributed by atoms with Gasteiger partial charge in [0.25, 0.3) is 0 Å². The van der Waals surface area contributed by atoms with Gasteiger partial charge in [-0.25, -0.2) is 17.6 Å². The maximum Gasteiger partial charge on any atom is 0.246 e. The van der Waals surface area contributed by atoms with Crippen LogP contribution in [0, 0.1) is 11.6 Å². The van der Waals surface area contributed by atoms with Crippen molar-refractivity contribution >= 4 is 0 Å². The van der Waals surface area contributed by atoms with E-state index in [0.717, 1.165) is 12.1 Å². The Labute approximate surface area is 78.5 Å². The first-order valence-corrected chi connectivity index (χ1v) is 3.99. The molecule has 0 saturated carbocycles. The van der Waals surface area contributed by atoms with E-state index in [1.54, 1.807) is 0 Å². The van der Waals surface area contributed by atoms with Crippen LogP contribution in [0.4, 0.5) is 17.6 Å². The van der Waals surface area contributed by atoms with Gasteiger partial charge in [-0.2, -0.15) is 0 Å². The molecule has 2 N–H and O–H groups in total. The summed E-state index contributed by atoms with van der Waals surface area (Å²) in [5.74, 6) is -3.16. The second-order valence-electron chi connectivity index (χ2n) is 2.84. The molecule has 0 aliphatic heterocycles. The Morgan fingerprint density at radius 2 is 1.86 bits per heavy atom. The number of nitrogens with two attached hydrogens (primary N) is 1. The van der Waals surface area contributed by atoms with Gasteiger partial charge < -0.3 is 5.73 Å². The summed E-state index contributed by atoms with van der Waals surface area (Å²) < 4.78 is 50.1. The third-order valence-corrected chi connectivity index (χ3v) is 1.92. The molecule has 14 heavy (non-hydrogen) atoms. The largest absolute Gasteiger partial charge is 0.330 e. The average Bonchev–Trinajstić information content (AvgIpc) is 2.09. The van der Waals surface area contributed by atoms with Crippen molar-refractivity contribution < 1.29 is 17.6 Å². The Kier molecular flexibility index (Phi) is 3.46. The molecule has 1 nitrogen and oxygen atoms in total. The van der Waals surface area contributed by atoms with Crippen molar-refractivity contribution in [3.63, 3.8) is 0 Å². The lowest BCUT2D eigenvalue weighted by atomic mass is 9.99. The third-order valence-electron chi connectivity index (χ3n) is 1.92. The number of hydrogen-bond acceptors (Lipinski definition) is 1. The van der Waals surface area contributed by atoms with Gasteiger partial charge >= 0.3 is 0 Å². The highest BCUT2D eigenvalue weighted by molar-refractivity contribution is 5.23. The van der Waals surface area contributed by atoms with Crippen LogP contribution in [0.5, 0.6) is 0 Å². The van der Waals surface area contributed by atoms with Gasteiger partial charge in [-0.15, -0.1) is 0 Å². The summed E-state index contributed by atoms with van der Waals surface area (Å²) in [6.45, 7) is -0.375. The van der Waals surface area contributed by atoms with E-state index in [0.29, 0.717) is 6.07 Å². The van der Waals surface area contributed by atoms with Crippen molar-refractivity contribution in [3.05, 3.63) is 35.4 Å². The lowest BCUT2D eigenvalue weighted by Crippen LogP contribution is -2.20. The summed E-state index contributed by atoms with van der Waals surface area (Å²) in [6.07, 6.45) is -2.75. The smallest absolute Gasteiger partial charge is 0.246 e. The SMILES string of the molecule is NCC(c1ccc(F)cc1F)C(F)F. The van der Waals surface area contributed by atoms with Crippen molar-refractivity contribution in [1.82, 2.24) is 0 Å². The van der Waals surface area contributed by atoms with Gasteiger partial charge in [0, 0.05) is 12.6 Å². The van der Waals surface area contributed by atoms with Gasteiger partial charge in [-0.1, -0.05) is 6.07 Å². The maximum absolute atomic E-state index is 13.0. The van der Waals surface area contributed by atoms with Crippen LogP contribution in [0.15, 0.2) is 18.2 Å². The topological polar surface area (TPSA) is 26.0 Å². The standard InChI is InChI=1S/C9H9F4N/c10-5-1-2-6(8(11)3-5)7(4-14)9(12)13/h1-3,7,9H,4,14H2. The minimum atomic E-state index is -2.75. The highest BCUT2D eigenvalue weighted by Crippen LogP contribution is 2.24. The van der Waals surface area contributed by atoms with Crippen LogP contribution in [-0.2, 0) is 0 Å². The van der Waals surface area contributed by atoms with Crippen LogP contribution in [0.3, 0.4) is 0 Å². The molecule has 0 radical (unpaired) electrons. The zero-order valence-corrected chi connectivity index (χ0v) is 7.18. The summed E-state index contributed by atoms with van der Waals surface area (Å²) in [7, 11) is 0. The highest BCUT2D eigenvalue weighted by atomic mass is 19.3. The van der Waals surface area contributed by atoms with Crippen molar-refractivity contribution in [1.29, 1.82) is 0 Å². The average molecular weight is 207 g/mol. The lowest BCUT2D eigenvalue weighted by Gasteiger charge is -2.14. The van der Waals surface area contributed by atoms with Gasteiger partial charge in [0.15, 0.2) is 0 Å². The van der Waals surface area contributed by atoms with Crippen LogP contribution in [-0.4, -0.2) is 13.0 Å². The van der Waals surface area contributed by atoms with E-state index < -0.39 is 24.0 Å². The summed E-state index contributed by atoms with van der Waals surface area (Å²) in [5, 5.41) is 0. The molecule has 0 aliphatic carbocycles. The molecular formula is C9H9F4N. The molecular weight excluding hydrogens is 198 g/mol. The van der Waals surface area contributed by atoms with Crippen molar-refractivity contribution in [2.75, 3.05) is 6.54 Å². The Morgan fingerprint density at radius 3 is 2.29 bits per heavy atom. The first-order chi connectivity index (χ1) is 6.56. The van der Waals surface area contributed by atoms with E-state index in [9.17, 15) is 17.6 Å². The summed E-state index contributed by atoms with van der Waals surface area (Å²) in [5.41, 5.74) is 4.83. The van der Waals surface area contributed by atoms with Crippen LogP contribution in [0.25, 0.3) is 0 Å². The van der Waals surface area contributed by atoms with Gasteiger partial charge in [0.05, 0.1) is 5.92 Å². The minimum absolute atomic E-state index is 0.246. The van der Waals surface area contributed by atoms with E-state index in [1.165, 1.54) is 0 Å². The quantitative estimate of drug-likeness (QED) is 0.756. The minimum Gasteiger partial charge on any atom is -0.330 e. The lowest BCUT2D eigenvalue weighted by molar-refractivity contribution is 0.115. The normalized spacial score (nSPS) is 13.3. The molecule has 1 unspecified atom stereocenters. The number of hydrogen-bond donors (Lipinski definition) is 1. The van der Waals surface area contributed by atoms with E-state index in [-0.39, 0.29) is 12.1 Å². The molecule has 0 fully saturated rings. The molecule has 78 valence electrons. The van der Waals surface area contributed by atoms with Crippen molar-refractivity contribution in [2.45, 2.75) is 12.3 Å². The van der Waals surface area contributed by atoms with Crippen molar-refractivity contribution in [3.8, 4) is 0 Å². The summed E-state index contributed by atoms with van der Waals surface area (Å²) in [6, 6.07) is 2.50. The second kappa shape index (κ2) is 4.41. The first kappa shape index (κ1) is 11.0. The third kappa shape index (κ3) is 2.23. The highest BCUT2D eigenvalue weighted by Gasteiger charge is 2.23. The molecule has 0 saturated heterocycles. The van der Waals surface area contributed by atoms with E-state index in [1.807, 2.05) is 0 Å². The number of halogens is 4. The van der Waals surface area contributed by atoms with Gasteiger partial charge in [0.2, 0.25) is 6.43 Å². The van der Waals surface area contributed by atoms with Crippen LogP contribution < -0.4 is 5.73 Å². The fourth-order valence-electron chi connectivity index (χ4n) is 1.17. The Morgan fingerprint density at radius 1 is 1.21 bits per heavy atom. The monoisotopic (exact) mass is 207 g/mol. The molecule has 0 amide bonds. The van der Waals surface area contributed by atoms with Crippen LogP contribution in [0.1, 0.15) is 11.5 Å². The molecule has 1 aromatic rings. The predicted molar refractivity (Wildman–Crippen MR) is 44.2 cm³/mol. The maximum atomic E-state index is 13.0. The zero-order valence-electron chi connectivity index (χ0n) is 7.18. The van der Waals surface area contributed by atoms with E-state index in [4.69, 9.17) is 5.73 Å². The molecule has 0 aromatic heterocycles. The number of benzene rings is 1. The summed E-state index contributed by atoms with van der Waals surface area (Å²) in [4.78, 5) is 0. The van der Waals surface area contributed by atoms with E-state index in [2.05, 4.69) is 0 Å². The predicted octanol–water partition coefficient (Wildman–Crippen LogP) is 2.27. The number of rotatable bonds is 3. The Hall–Kier alpha value is -1.10. The fraction of sp³-hybridized carbons (Fsp3) is 0.333. The fourth-order valence-corrected chi connectivity index (χ4v) is 1.17. The number of alkyl halides is 2. The molecule has 0 aliphatic rings. The molecule has 1 aromatic carbocycles. The van der Waals surface area contributed by atoms with Gasteiger partial charge in [0.1, 0.15) is 11.6 Å². The van der Waals surface area contributed by atoms with Crippen LogP contribution >= 0.6 is 0 Å². The van der Waals surface area contributed by atoms with E-state index >= 15 is 0 Å². The van der Waals surface area contributed by atoms with Crippen molar-refractivity contribution in [2.24, 2.45) is 5.73 Å². The molecule has 5 heteroatoms. The summed E-state index contributed by atoms with van der Waals surface area (Å²) >= 11 is 0. The van der Waals surface area contributed by atoms with Gasteiger partial charge in [-0.05, 0) is 11.6 Å². The molecule has 0 heterocycles. The molecule has 0 bridgehead atoms. The first-order valence-electron chi connectivity index (χ1n) is 3.99. The zero-order chi connectivity index (χ0) is 10.7. The Bertz CT molecular complexity index is 314. The molecule has 1 atom stereocenters.